The topological polar surface area (TPSA) is 152 Å². The zero-order chi connectivity index (χ0) is 11.7. The lowest BCUT2D eigenvalue weighted by Gasteiger charge is -1.88. The Bertz CT molecular complexity index is 209. The van der Waals surface area contributed by atoms with Gasteiger partial charge in [0.2, 0.25) is 5.78 Å². The van der Waals surface area contributed by atoms with E-state index in [-0.39, 0.29) is 0 Å². The zero-order valence-corrected chi connectivity index (χ0v) is 7.72. The Morgan fingerprint density at radius 3 is 1.50 bits per heavy atom. The van der Waals surface area contributed by atoms with Crippen LogP contribution in [-0.4, -0.2) is 42.6 Å². The van der Waals surface area contributed by atoms with Crippen LogP contribution in [0.3, 0.4) is 0 Å². The fourth-order valence-electron chi connectivity index (χ4n) is 0.327. The smallest absolute Gasteiger partial charge is 0.372 e. The first-order chi connectivity index (χ1) is 6.27. The Morgan fingerprint density at radius 1 is 0.929 bits per heavy atom. The van der Waals surface area contributed by atoms with Gasteiger partial charge in [0.05, 0.1) is 6.42 Å². The highest BCUT2D eigenvalue weighted by atomic mass is 31.2. The summed E-state index contributed by atoms with van der Waals surface area (Å²) in [4.78, 5) is 51.4. The van der Waals surface area contributed by atoms with E-state index in [2.05, 4.69) is 0 Å². The highest BCUT2D eigenvalue weighted by Crippen LogP contribution is 2.11. The number of hydrogen-bond acceptors (Lipinski definition) is 6. The Hall–Kier alpha value is -1.08. The molecule has 0 amide bonds. The lowest BCUT2D eigenvalue weighted by Crippen LogP contribution is -2.13. The maximum atomic E-state index is 10.2. The molecule has 5 N–H and O–H groups in total. The van der Waals surface area contributed by atoms with Crippen molar-refractivity contribution in [3.8, 4) is 0 Å². The van der Waals surface area contributed by atoms with Gasteiger partial charge in [-0.3, -0.25) is 9.59 Å². The van der Waals surface area contributed by atoms with Crippen molar-refractivity contribution in [1.29, 1.82) is 0 Å². The molecule has 0 aliphatic heterocycles. The molecule has 0 unspecified atom stereocenters. The van der Waals surface area contributed by atoms with E-state index in [1.54, 1.807) is 0 Å². The highest BCUT2D eigenvalue weighted by Gasteiger charge is 2.12. The summed E-state index contributed by atoms with van der Waals surface area (Å²) in [5.74, 6) is -3.82. The van der Waals surface area contributed by atoms with E-state index in [1.165, 1.54) is 0 Å². The van der Waals surface area contributed by atoms with E-state index in [0.29, 0.717) is 0 Å². The van der Waals surface area contributed by atoms with E-state index in [9.17, 15) is 14.4 Å². The molecule has 0 atom stereocenters. The van der Waals surface area contributed by atoms with E-state index in [1.807, 2.05) is 0 Å². The molecule has 0 bridgehead atoms. The molecule has 0 radical (unpaired) electrons. The third kappa shape index (κ3) is 17.1. The van der Waals surface area contributed by atoms with Gasteiger partial charge in [0.25, 0.3) is 0 Å². The number of aliphatic carboxylic acids is 2. The second-order valence-corrected chi connectivity index (χ2v) is 2.43. The predicted octanol–water partition coefficient (Wildman–Crippen LogP) is -1.30. The molecule has 8 nitrogen and oxygen atoms in total. The van der Waals surface area contributed by atoms with Crippen molar-refractivity contribution in [2.75, 3.05) is 0 Å². The van der Waals surface area contributed by atoms with E-state index in [4.69, 9.17) is 24.9 Å². The summed E-state index contributed by atoms with van der Waals surface area (Å²) in [6.45, 7) is 0. The first kappa shape index (κ1) is 15.4. The second kappa shape index (κ2) is 8.52. The summed E-state index contributed by atoms with van der Waals surface area (Å²) < 4.78 is 0. The van der Waals surface area contributed by atoms with Crippen LogP contribution in [0.5, 0.6) is 0 Å². The Labute approximate surface area is 79.4 Å². The van der Waals surface area contributed by atoms with E-state index >= 15 is 0 Å². The minimum atomic E-state index is -2.62. The van der Waals surface area contributed by atoms with Crippen molar-refractivity contribution in [2.24, 2.45) is 0 Å². The summed E-state index contributed by atoms with van der Waals surface area (Å²) in [6.07, 6.45) is -0.865. The average Bonchev–Trinajstić information content (AvgIpc) is 1.98. The van der Waals surface area contributed by atoms with Crippen LogP contribution in [0.2, 0.25) is 0 Å². The van der Waals surface area contributed by atoms with Crippen molar-refractivity contribution in [3.05, 3.63) is 0 Å². The third-order valence-corrected chi connectivity index (χ3v) is 0.804. The van der Waals surface area contributed by atoms with Crippen LogP contribution in [0.1, 0.15) is 12.8 Å². The van der Waals surface area contributed by atoms with Gasteiger partial charge < -0.3 is 24.9 Å². The summed E-state index contributed by atoms with van der Waals surface area (Å²) in [5.41, 5.74) is 0. The Kier molecular flexibility index (Phi) is 9.36. The SMILES string of the molecule is O=C(O)CCC(=O)C(=O)O.OP(O)O. The Balaban J connectivity index is 0. The highest BCUT2D eigenvalue weighted by molar-refractivity contribution is 7.38. The van der Waals surface area contributed by atoms with Crippen molar-refractivity contribution in [2.45, 2.75) is 12.8 Å². The second-order valence-electron chi connectivity index (χ2n) is 1.89. The summed E-state index contributed by atoms with van der Waals surface area (Å²) in [5, 5.41) is 16.0. The summed E-state index contributed by atoms with van der Waals surface area (Å²) in [7, 11) is -2.62. The summed E-state index contributed by atoms with van der Waals surface area (Å²) >= 11 is 0. The number of carboxylic acid groups (broad SMARTS) is 2. The molecule has 0 aromatic carbocycles. The molecule has 0 aliphatic carbocycles. The minimum absolute atomic E-state index is 0.425. The molecule has 0 spiro atoms. The third-order valence-electron chi connectivity index (χ3n) is 0.804. The Morgan fingerprint density at radius 2 is 1.29 bits per heavy atom. The molecule has 14 heavy (non-hydrogen) atoms. The van der Waals surface area contributed by atoms with Crippen molar-refractivity contribution < 1.29 is 39.3 Å². The van der Waals surface area contributed by atoms with Gasteiger partial charge >= 0.3 is 20.5 Å². The zero-order valence-electron chi connectivity index (χ0n) is 6.82. The predicted molar refractivity (Wildman–Crippen MR) is 43.1 cm³/mol. The fraction of sp³-hybridized carbons (Fsp3) is 0.400. The van der Waals surface area contributed by atoms with Crippen molar-refractivity contribution in [1.82, 2.24) is 0 Å². The lowest BCUT2D eigenvalue weighted by atomic mass is 10.2. The van der Waals surface area contributed by atoms with Crippen LogP contribution in [0.15, 0.2) is 0 Å². The van der Waals surface area contributed by atoms with Gasteiger partial charge in [-0.1, -0.05) is 0 Å². The molecule has 82 valence electrons. The number of rotatable bonds is 4. The molecular formula is C5H9O8P. The molecule has 0 aliphatic rings. The van der Waals surface area contributed by atoms with Gasteiger partial charge in [0, 0.05) is 6.42 Å². The maximum absolute atomic E-state index is 10.2. The van der Waals surface area contributed by atoms with Gasteiger partial charge in [-0.05, 0) is 0 Å². The quantitative estimate of drug-likeness (QED) is 0.294. The standard InChI is InChI=1S/C5H6O5.H3O3P/c6-3(5(9)10)1-2-4(7)8;1-4(2)3/h1-2H2,(H,7,8)(H,9,10);1-3H. The van der Waals surface area contributed by atoms with Gasteiger partial charge in [-0.15, -0.1) is 0 Å². The van der Waals surface area contributed by atoms with Crippen LogP contribution in [0.4, 0.5) is 0 Å². The van der Waals surface area contributed by atoms with Gasteiger partial charge in [-0.2, -0.15) is 0 Å². The maximum Gasteiger partial charge on any atom is 0.372 e. The molecule has 0 rings (SSSR count). The molecule has 0 saturated heterocycles. The molecule has 0 aromatic rings. The monoisotopic (exact) mass is 228 g/mol. The van der Waals surface area contributed by atoms with E-state index in [0.717, 1.165) is 0 Å². The van der Waals surface area contributed by atoms with Gasteiger partial charge in [0.1, 0.15) is 0 Å². The first-order valence-corrected chi connectivity index (χ1v) is 4.32. The van der Waals surface area contributed by atoms with Crippen LogP contribution in [0, 0.1) is 0 Å². The lowest BCUT2D eigenvalue weighted by molar-refractivity contribution is -0.149. The molecule has 0 heterocycles. The fourth-order valence-corrected chi connectivity index (χ4v) is 0.327. The van der Waals surface area contributed by atoms with Crippen LogP contribution < -0.4 is 0 Å². The molecule has 9 heteroatoms. The van der Waals surface area contributed by atoms with Gasteiger partial charge in [0.15, 0.2) is 0 Å². The molecule has 0 aromatic heterocycles. The molecule has 0 fully saturated rings. The van der Waals surface area contributed by atoms with E-state index < -0.39 is 39.2 Å². The largest absolute Gasteiger partial charge is 0.481 e. The first-order valence-electron chi connectivity index (χ1n) is 3.12. The number of Topliss-reactive ketones (excluding diaryl/α,β-unsaturated/α-hetero) is 1. The number of carbonyl (C=O) groups excluding carboxylic acids is 1. The normalized spacial score (nSPS) is 8.86. The van der Waals surface area contributed by atoms with Crippen molar-refractivity contribution in [3.63, 3.8) is 0 Å². The molecular weight excluding hydrogens is 219 g/mol. The summed E-state index contributed by atoms with van der Waals surface area (Å²) in [6, 6.07) is 0. The van der Waals surface area contributed by atoms with Crippen LogP contribution in [0.25, 0.3) is 0 Å². The number of ketones is 1. The number of hydrogen-bond donors (Lipinski definition) is 5. The van der Waals surface area contributed by atoms with Crippen LogP contribution in [-0.2, 0) is 14.4 Å². The number of carbonyl (C=O) groups is 3. The minimum Gasteiger partial charge on any atom is -0.481 e. The van der Waals surface area contributed by atoms with Gasteiger partial charge in [-0.25, -0.2) is 4.79 Å². The average molecular weight is 228 g/mol. The number of carboxylic acids is 2. The van der Waals surface area contributed by atoms with Crippen LogP contribution >= 0.6 is 8.60 Å². The van der Waals surface area contributed by atoms with Crippen molar-refractivity contribution >= 4 is 26.3 Å². The molecule has 0 saturated carbocycles.